The quantitative estimate of drug-likeness (QED) is 0.866. The van der Waals surface area contributed by atoms with Gasteiger partial charge in [0.25, 0.3) is 0 Å². The van der Waals surface area contributed by atoms with E-state index >= 15 is 0 Å². The lowest BCUT2D eigenvalue weighted by Crippen LogP contribution is -2.33. The number of hydrogen-bond acceptors (Lipinski definition) is 4. The van der Waals surface area contributed by atoms with E-state index in [4.69, 9.17) is 4.99 Å². The lowest BCUT2D eigenvalue weighted by atomic mass is 9.89. The first kappa shape index (κ1) is 13.0. The summed E-state index contributed by atoms with van der Waals surface area (Å²) in [6.07, 6.45) is 5.58. The van der Waals surface area contributed by atoms with Gasteiger partial charge in [0.15, 0.2) is 5.17 Å². The summed E-state index contributed by atoms with van der Waals surface area (Å²) in [5.74, 6) is 1.26. The lowest BCUT2D eigenvalue weighted by molar-refractivity contribution is 0.358. The number of nitrogens with zero attached hydrogens (tertiary/aromatic N) is 1. The molecular weight excluding hydrogens is 328 g/mol. The van der Waals surface area contributed by atoms with Gasteiger partial charge in [-0.15, -0.1) is 11.3 Å². The van der Waals surface area contributed by atoms with E-state index in [1.807, 2.05) is 11.8 Å². The molecule has 3 rings (SSSR count). The van der Waals surface area contributed by atoms with Gasteiger partial charge < -0.3 is 5.32 Å². The number of aliphatic imine (C=N–C) groups is 1. The third-order valence-electron chi connectivity index (χ3n) is 3.77. The van der Waals surface area contributed by atoms with E-state index in [1.54, 1.807) is 11.3 Å². The zero-order valence-corrected chi connectivity index (χ0v) is 13.5. The zero-order chi connectivity index (χ0) is 12.4. The standard InChI is InChI=1S/C13H17BrN2S2/c14-10-5-11(17-7-10)6-15-12-16-8-13(9-18-12)3-1-2-4-13/h5,7H,1-4,6,8-9H2,(H,15,16). The molecule has 2 aliphatic rings. The third-order valence-corrected chi connectivity index (χ3v) is 6.77. The summed E-state index contributed by atoms with van der Waals surface area (Å²) in [6, 6.07) is 2.17. The van der Waals surface area contributed by atoms with Gasteiger partial charge in [-0.25, -0.2) is 0 Å². The third kappa shape index (κ3) is 2.94. The molecule has 0 atom stereocenters. The summed E-state index contributed by atoms with van der Waals surface area (Å²) in [5.41, 5.74) is 0.543. The molecule has 0 bridgehead atoms. The van der Waals surface area contributed by atoms with Gasteiger partial charge in [0, 0.05) is 27.0 Å². The summed E-state index contributed by atoms with van der Waals surface area (Å²) in [5, 5.41) is 6.72. The predicted molar refractivity (Wildman–Crippen MR) is 84.5 cm³/mol. The fraction of sp³-hybridized carbons (Fsp3) is 0.615. The second kappa shape index (κ2) is 5.55. The van der Waals surface area contributed by atoms with Crippen LogP contribution in [0.1, 0.15) is 30.6 Å². The van der Waals surface area contributed by atoms with Crippen molar-refractivity contribution >= 4 is 44.2 Å². The molecule has 0 radical (unpaired) electrons. The molecular formula is C13H17BrN2S2. The SMILES string of the molecule is Brc1csc(CNC2=NCC3(CCCC3)CS2)c1. The molecule has 1 aliphatic carbocycles. The molecule has 0 aromatic carbocycles. The zero-order valence-electron chi connectivity index (χ0n) is 10.2. The van der Waals surface area contributed by atoms with Crippen LogP contribution in [0.5, 0.6) is 0 Å². The van der Waals surface area contributed by atoms with Crippen molar-refractivity contribution in [3.63, 3.8) is 0 Å². The highest BCUT2D eigenvalue weighted by Crippen LogP contribution is 2.43. The molecule has 1 fully saturated rings. The van der Waals surface area contributed by atoms with Gasteiger partial charge in [0.1, 0.15) is 0 Å². The molecule has 0 amide bonds. The van der Waals surface area contributed by atoms with Gasteiger partial charge in [-0.3, -0.25) is 4.99 Å². The second-order valence-electron chi connectivity index (χ2n) is 5.20. The van der Waals surface area contributed by atoms with Crippen LogP contribution in [0, 0.1) is 5.41 Å². The van der Waals surface area contributed by atoms with Gasteiger partial charge in [0.05, 0.1) is 6.54 Å². The Morgan fingerprint density at radius 2 is 2.22 bits per heavy atom. The molecule has 1 aromatic heterocycles. The molecule has 1 spiro atoms. The largest absolute Gasteiger partial charge is 0.360 e. The molecule has 1 aromatic rings. The molecule has 2 heterocycles. The summed E-state index contributed by atoms with van der Waals surface area (Å²) >= 11 is 7.19. The molecule has 0 saturated heterocycles. The van der Waals surface area contributed by atoms with Crippen LogP contribution in [0.4, 0.5) is 0 Å². The number of nitrogens with one attached hydrogen (secondary N) is 1. The summed E-state index contributed by atoms with van der Waals surface area (Å²) in [4.78, 5) is 6.10. The van der Waals surface area contributed by atoms with Crippen LogP contribution in [0.25, 0.3) is 0 Å². The van der Waals surface area contributed by atoms with Crippen molar-refractivity contribution in [3.05, 3.63) is 20.8 Å². The molecule has 18 heavy (non-hydrogen) atoms. The lowest BCUT2D eigenvalue weighted by Gasteiger charge is -2.31. The van der Waals surface area contributed by atoms with Crippen LogP contribution < -0.4 is 5.32 Å². The smallest absolute Gasteiger partial charge is 0.156 e. The Labute approximate surface area is 125 Å². The van der Waals surface area contributed by atoms with Crippen molar-refractivity contribution < 1.29 is 0 Å². The van der Waals surface area contributed by atoms with Crippen molar-refractivity contribution in [2.75, 3.05) is 12.3 Å². The van der Waals surface area contributed by atoms with Crippen molar-refractivity contribution in [2.24, 2.45) is 10.4 Å². The van der Waals surface area contributed by atoms with Gasteiger partial charge >= 0.3 is 0 Å². The number of thiophene rings is 1. The van der Waals surface area contributed by atoms with Gasteiger partial charge in [-0.1, -0.05) is 24.6 Å². The van der Waals surface area contributed by atoms with E-state index in [2.05, 4.69) is 32.7 Å². The normalized spacial score (nSPS) is 22.2. The van der Waals surface area contributed by atoms with E-state index < -0.39 is 0 Å². The second-order valence-corrected chi connectivity index (χ2v) is 8.08. The highest BCUT2D eigenvalue weighted by atomic mass is 79.9. The summed E-state index contributed by atoms with van der Waals surface area (Å²) in [6.45, 7) is 1.94. The van der Waals surface area contributed by atoms with Crippen LogP contribution in [-0.4, -0.2) is 17.5 Å². The summed E-state index contributed by atoms with van der Waals surface area (Å²) in [7, 11) is 0. The fourth-order valence-electron chi connectivity index (χ4n) is 2.70. The Hall–Kier alpha value is -0.000000000000000111. The molecule has 1 N–H and O–H groups in total. The molecule has 0 unspecified atom stereocenters. The summed E-state index contributed by atoms with van der Waals surface area (Å²) < 4.78 is 1.17. The Balaban J connectivity index is 1.54. The Morgan fingerprint density at radius 3 is 2.83 bits per heavy atom. The minimum Gasteiger partial charge on any atom is -0.360 e. The van der Waals surface area contributed by atoms with Gasteiger partial charge in [0.2, 0.25) is 0 Å². The minimum atomic E-state index is 0.543. The van der Waals surface area contributed by atoms with E-state index in [1.165, 1.54) is 40.8 Å². The molecule has 5 heteroatoms. The van der Waals surface area contributed by atoms with E-state index in [0.29, 0.717) is 5.41 Å². The van der Waals surface area contributed by atoms with Crippen LogP contribution in [-0.2, 0) is 6.54 Å². The fourth-order valence-corrected chi connectivity index (χ4v) is 5.24. The van der Waals surface area contributed by atoms with Crippen molar-refractivity contribution in [1.29, 1.82) is 0 Å². The van der Waals surface area contributed by atoms with Crippen molar-refractivity contribution in [2.45, 2.75) is 32.2 Å². The average molecular weight is 345 g/mol. The Morgan fingerprint density at radius 1 is 1.39 bits per heavy atom. The van der Waals surface area contributed by atoms with E-state index in [-0.39, 0.29) is 0 Å². The Bertz CT molecular complexity index is 450. The van der Waals surface area contributed by atoms with E-state index in [9.17, 15) is 0 Å². The van der Waals surface area contributed by atoms with Crippen molar-refractivity contribution in [1.82, 2.24) is 5.32 Å². The van der Waals surface area contributed by atoms with Crippen LogP contribution >= 0.6 is 39.0 Å². The first-order chi connectivity index (χ1) is 8.76. The molecule has 2 nitrogen and oxygen atoms in total. The van der Waals surface area contributed by atoms with Crippen LogP contribution in [0.3, 0.4) is 0 Å². The maximum atomic E-state index is 4.75. The topological polar surface area (TPSA) is 24.4 Å². The van der Waals surface area contributed by atoms with Crippen LogP contribution in [0.15, 0.2) is 20.9 Å². The van der Waals surface area contributed by atoms with Gasteiger partial charge in [-0.2, -0.15) is 0 Å². The highest BCUT2D eigenvalue weighted by Gasteiger charge is 2.36. The number of rotatable bonds is 2. The predicted octanol–water partition coefficient (Wildman–Crippen LogP) is 4.26. The van der Waals surface area contributed by atoms with Crippen molar-refractivity contribution in [3.8, 4) is 0 Å². The number of thioether (sulfide) groups is 1. The first-order valence-corrected chi connectivity index (χ1v) is 9.06. The van der Waals surface area contributed by atoms with E-state index in [0.717, 1.165) is 18.3 Å². The number of halogens is 1. The van der Waals surface area contributed by atoms with Gasteiger partial charge in [-0.05, 0) is 40.3 Å². The maximum absolute atomic E-state index is 4.75. The monoisotopic (exact) mass is 344 g/mol. The molecule has 1 saturated carbocycles. The highest BCUT2D eigenvalue weighted by molar-refractivity contribution is 9.10. The number of amidine groups is 1. The first-order valence-electron chi connectivity index (χ1n) is 6.40. The molecule has 1 aliphatic heterocycles. The minimum absolute atomic E-state index is 0.543. The Kier molecular flexibility index (Phi) is 4.01. The molecule has 98 valence electrons. The average Bonchev–Trinajstić information content (AvgIpc) is 2.99. The van der Waals surface area contributed by atoms with Crippen LogP contribution in [0.2, 0.25) is 0 Å². The number of hydrogen-bond donors (Lipinski definition) is 1. The maximum Gasteiger partial charge on any atom is 0.156 e.